The summed E-state index contributed by atoms with van der Waals surface area (Å²) < 4.78 is 5.95. The summed E-state index contributed by atoms with van der Waals surface area (Å²) in [4.78, 5) is 12.9. The number of fused-ring (bicyclic) bond motifs is 7. The Balaban J connectivity index is 1.32. The molecule has 7 heteroatoms. The number of aliphatic hydroxyl groups excluding tert-OH is 4. The molecule has 0 aromatic rings. The molecule has 14 atom stereocenters. The molecular formula is C37H60O7. The lowest BCUT2D eigenvalue weighted by Gasteiger charge is -2.71. The van der Waals surface area contributed by atoms with Crippen molar-refractivity contribution in [3.63, 3.8) is 0 Å². The van der Waals surface area contributed by atoms with Gasteiger partial charge in [0.25, 0.3) is 0 Å². The smallest absolute Gasteiger partial charge is 0.310 e. The van der Waals surface area contributed by atoms with Crippen molar-refractivity contribution in [1.29, 1.82) is 0 Å². The fraction of sp³-hybridized carbons (Fsp3) is 0.919. The minimum absolute atomic E-state index is 0.0331. The molecule has 0 amide bonds. The van der Waals surface area contributed by atoms with Gasteiger partial charge in [0.1, 0.15) is 24.4 Å². The standard InChI is InChI=1S/C37H60O7/c1-20-26(38)28(40)29(41)30(44-20)27(39)22-11-13-34(6)24(33(22,4)5)12-14-36(8)25(34)10-9-21-23-19-32(2,3)15-17-37(23,31(42)43)18-16-35(21,36)7/h9,20,22-30,38-41H,10-19H2,1-8H3,(H,42,43)/t20?,22-,23?,24?,25?,26+,27-,28?,29+,30+,34+,35-,36-,37+/m1/s1. The Labute approximate surface area is 264 Å². The van der Waals surface area contributed by atoms with Crippen LogP contribution in [0.5, 0.6) is 0 Å². The Morgan fingerprint density at radius 3 is 2.18 bits per heavy atom. The van der Waals surface area contributed by atoms with E-state index in [4.69, 9.17) is 4.74 Å². The van der Waals surface area contributed by atoms with Crippen molar-refractivity contribution < 1.29 is 35.1 Å². The monoisotopic (exact) mass is 616 g/mol. The van der Waals surface area contributed by atoms with E-state index in [2.05, 4.69) is 54.5 Å². The van der Waals surface area contributed by atoms with E-state index in [1.165, 1.54) is 5.57 Å². The highest BCUT2D eigenvalue weighted by atomic mass is 16.5. The highest BCUT2D eigenvalue weighted by molar-refractivity contribution is 5.76. The van der Waals surface area contributed by atoms with Crippen LogP contribution < -0.4 is 0 Å². The lowest BCUT2D eigenvalue weighted by atomic mass is 9.33. The summed E-state index contributed by atoms with van der Waals surface area (Å²) >= 11 is 0. The second-order valence-corrected chi connectivity index (χ2v) is 18.4. The molecule has 1 saturated heterocycles. The van der Waals surface area contributed by atoms with Crippen molar-refractivity contribution >= 4 is 5.97 Å². The first kappa shape index (κ1) is 32.9. The zero-order chi connectivity index (χ0) is 32.4. The highest BCUT2D eigenvalue weighted by Crippen LogP contribution is 2.76. The first-order chi connectivity index (χ1) is 20.3. The van der Waals surface area contributed by atoms with Gasteiger partial charge in [0.05, 0.1) is 17.6 Å². The Bertz CT molecular complexity index is 1190. The van der Waals surface area contributed by atoms with Crippen LogP contribution in [0, 0.1) is 56.2 Å². The van der Waals surface area contributed by atoms with E-state index in [-0.39, 0.29) is 38.9 Å². The third-order valence-corrected chi connectivity index (χ3v) is 15.8. The van der Waals surface area contributed by atoms with Crippen LogP contribution in [0.15, 0.2) is 11.6 Å². The van der Waals surface area contributed by atoms with Gasteiger partial charge in [-0.15, -0.1) is 0 Å². The van der Waals surface area contributed by atoms with E-state index in [1.54, 1.807) is 6.92 Å². The van der Waals surface area contributed by atoms with Gasteiger partial charge in [-0.2, -0.15) is 0 Å². The Morgan fingerprint density at radius 2 is 1.52 bits per heavy atom. The van der Waals surface area contributed by atoms with Gasteiger partial charge in [-0.05, 0) is 122 Å². The molecule has 6 aliphatic rings. The molecule has 0 spiro atoms. The molecule has 1 heterocycles. The number of rotatable bonds is 3. The lowest BCUT2D eigenvalue weighted by Crippen LogP contribution is -2.66. The summed E-state index contributed by atoms with van der Waals surface area (Å²) in [6.07, 6.45) is 5.37. The summed E-state index contributed by atoms with van der Waals surface area (Å²) in [5.74, 6) is 0.225. The second-order valence-electron chi connectivity index (χ2n) is 18.4. The summed E-state index contributed by atoms with van der Waals surface area (Å²) in [7, 11) is 0. The Hall–Kier alpha value is -0.990. The van der Waals surface area contributed by atoms with Gasteiger partial charge >= 0.3 is 5.97 Å². The Morgan fingerprint density at radius 1 is 0.864 bits per heavy atom. The van der Waals surface area contributed by atoms with Crippen molar-refractivity contribution in [2.45, 2.75) is 156 Å². The molecule has 0 radical (unpaired) electrons. The lowest BCUT2D eigenvalue weighted by molar-refractivity contribution is -0.260. The number of hydrogen-bond acceptors (Lipinski definition) is 6. The molecule has 1 aliphatic heterocycles. The number of allylic oxidation sites excluding steroid dienone is 2. The van der Waals surface area contributed by atoms with Crippen molar-refractivity contribution in [2.75, 3.05) is 0 Å². The molecule has 5 unspecified atom stereocenters. The third-order valence-electron chi connectivity index (χ3n) is 15.8. The van der Waals surface area contributed by atoms with E-state index >= 15 is 0 Å². The van der Waals surface area contributed by atoms with Crippen LogP contribution in [0.4, 0.5) is 0 Å². The van der Waals surface area contributed by atoms with Crippen LogP contribution in [0.25, 0.3) is 0 Å². The van der Waals surface area contributed by atoms with Crippen LogP contribution in [0.1, 0.15) is 120 Å². The van der Waals surface area contributed by atoms with Crippen molar-refractivity contribution in [3.05, 3.63) is 11.6 Å². The number of carboxylic acids is 1. The maximum Gasteiger partial charge on any atom is 0.310 e. The van der Waals surface area contributed by atoms with Gasteiger partial charge in [-0.3, -0.25) is 4.79 Å². The zero-order valence-corrected chi connectivity index (χ0v) is 28.5. The molecule has 0 aromatic heterocycles. The number of hydrogen-bond donors (Lipinski definition) is 5. The van der Waals surface area contributed by atoms with Crippen LogP contribution in [-0.4, -0.2) is 68.1 Å². The molecule has 5 aliphatic carbocycles. The SMILES string of the molecule is CC1O[C@@H]([C@H](O)[C@H]2CC[C@@]3(C)C(CC[C@]4(C)C3CC=C3C5CC(C)(C)CC[C@]5(C(=O)O)CC[C@]34C)C2(C)C)[C@@H](O)C(O)[C@H]1O. The van der Waals surface area contributed by atoms with E-state index < -0.39 is 48.0 Å². The van der Waals surface area contributed by atoms with Gasteiger partial charge in [-0.25, -0.2) is 0 Å². The van der Waals surface area contributed by atoms with Gasteiger partial charge < -0.3 is 30.3 Å². The fourth-order valence-electron chi connectivity index (χ4n) is 12.9. The maximum atomic E-state index is 12.9. The van der Waals surface area contributed by atoms with Crippen LogP contribution in [-0.2, 0) is 9.53 Å². The van der Waals surface area contributed by atoms with Gasteiger partial charge in [0.2, 0.25) is 0 Å². The summed E-state index contributed by atoms with van der Waals surface area (Å²) in [6.45, 7) is 18.4. The number of ether oxygens (including phenoxy) is 1. The summed E-state index contributed by atoms with van der Waals surface area (Å²) in [6, 6.07) is 0. The van der Waals surface area contributed by atoms with E-state index in [0.29, 0.717) is 11.8 Å². The van der Waals surface area contributed by atoms with E-state index in [1.807, 2.05) is 0 Å². The number of aliphatic carboxylic acids is 1. The average Bonchev–Trinajstić information content (AvgIpc) is 2.93. The van der Waals surface area contributed by atoms with Crippen LogP contribution in [0.2, 0.25) is 0 Å². The minimum atomic E-state index is -1.35. The van der Waals surface area contributed by atoms with E-state index in [0.717, 1.165) is 64.2 Å². The van der Waals surface area contributed by atoms with Crippen molar-refractivity contribution in [1.82, 2.24) is 0 Å². The number of carboxylic acid groups (broad SMARTS) is 1. The summed E-state index contributed by atoms with van der Waals surface area (Å²) in [5, 5.41) is 54.0. The molecule has 4 saturated carbocycles. The highest BCUT2D eigenvalue weighted by Gasteiger charge is 2.69. The molecular weight excluding hydrogens is 556 g/mol. The Kier molecular flexibility index (Phi) is 7.67. The third kappa shape index (κ3) is 4.27. The van der Waals surface area contributed by atoms with Gasteiger partial charge in [0, 0.05) is 0 Å². The largest absolute Gasteiger partial charge is 0.481 e. The van der Waals surface area contributed by atoms with Gasteiger partial charge in [-0.1, -0.05) is 60.1 Å². The maximum absolute atomic E-state index is 12.9. The summed E-state index contributed by atoms with van der Waals surface area (Å²) in [5.41, 5.74) is 0.817. The molecule has 5 fully saturated rings. The zero-order valence-electron chi connectivity index (χ0n) is 28.5. The molecule has 6 rings (SSSR count). The van der Waals surface area contributed by atoms with Crippen LogP contribution in [0.3, 0.4) is 0 Å². The van der Waals surface area contributed by atoms with Gasteiger partial charge in [0.15, 0.2) is 0 Å². The second kappa shape index (κ2) is 10.3. The normalized spacial score (nSPS) is 53.6. The number of carbonyl (C=O) groups is 1. The predicted octanol–water partition coefficient (Wildman–Crippen LogP) is 5.72. The molecule has 0 bridgehead atoms. The first-order valence-corrected chi connectivity index (χ1v) is 17.6. The molecule has 7 nitrogen and oxygen atoms in total. The van der Waals surface area contributed by atoms with Crippen molar-refractivity contribution in [3.8, 4) is 0 Å². The van der Waals surface area contributed by atoms with E-state index in [9.17, 15) is 30.3 Å². The van der Waals surface area contributed by atoms with Crippen LogP contribution >= 0.6 is 0 Å². The molecule has 5 N–H and O–H groups in total. The topological polar surface area (TPSA) is 127 Å². The molecule has 44 heavy (non-hydrogen) atoms. The predicted molar refractivity (Wildman–Crippen MR) is 169 cm³/mol. The quantitative estimate of drug-likeness (QED) is 0.257. The minimum Gasteiger partial charge on any atom is -0.481 e. The molecule has 250 valence electrons. The fourth-order valence-corrected chi connectivity index (χ4v) is 12.9. The van der Waals surface area contributed by atoms with Crippen molar-refractivity contribution in [2.24, 2.45) is 56.2 Å². The number of aliphatic hydroxyl groups is 4. The average molecular weight is 617 g/mol. The first-order valence-electron chi connectivity index (χ1n) is 17.6. The molecule has 0 aromatic carbocycles.